The lowest BCUT2D eigenvalue weighted by Gasteiger charge is -2.20. The van der Waals surface area contributed by atoms with Crippen LogP contribution in [0.25, 0.3) is 17.2 Å². The SMILES string of the molecule is C=C(C)C(=O)Oc1ccc(-c2ccc(OC(=O)C(=C)C)cc2)cc1.CNc1cc(NC(=O)C2CC(CC(=O)O)C(C(C)=O)C2C(=O)O)ccc1COC(=O)/C=C/c1ccc(C(=O)Oc2ccc(OCCCCC(F)(F)F)cc2)cc1.c1ccc(OCC2CO2)cc1. The summed E-state index contributed by atoms with van der Waals surface area (Å²) >= 11 is 0. The van der Waals surface area contributed by atoms with E-state index in [0.717, 1.165) is 23.5 Å². The van der Waals surface area contributed by atoms with Gasteiger partial charge in [-0.15, -0.1) is 0 Å². The van der Waals surface area contributed by atoms with Gasteiger partial charge in [0.25, 0.3) is 0 Å². The molecule has 22 heteroatoms. The van der Waals surface area contributed by atoms with Crippen LogP contribution in [0.15, 0.2) is 176 Å². The lowest BCUT2D eigenvalue weighted by Crippen LogP contribution is -2.35. The number of halogens is 3. The lowest BCUT2D eigenvalue weighted by molar-refractivity contribution is -0.149. The van der Waals surface area contributed by atoms with Crippen LogP contribution in [-0.2, 0) is 49.6 Å². The summed E-state index contributed by atoms with van der Waals surface area (Å²) in [6.07, 6.45) is -2.33. The highest BCUT2D eigenvalue weighted by molar-refractivity contribution is 5.98. The van der Waals surface area contributed by atoms with Crippen LogP contribution in [-0.4, -0.2) is 96.9 Å². The summed E-state index contributed by atoms with van der Waals surface area (Å²) in [5.74, 6) is -7.82. The first-order valence-electron chi connectivity index (χ1n) is 28.6. The van der Waals surface area contributed by atoms with Gasteiger partial charge >= 0.3 is 42.0 Å². The van der Waals surface area contributed by atoms with Crippen LogP contribution in [0, 0.1) is 23.7 Å². The average molecular weight is 1260 g/mol. The molecule has 478 valence electrons. The Hall–Kier alpha value is -10.4. The van der Waals surface area contributed by atoms with E-state index in [0.29, 0.717) is 63.6 Å². The maximum Gasteiger partial charge on any atom is 0.389 e. The molecule has 4 N–H and O–H groups in total. The van der Waals surface area contributed by atoms with Crippen molar-refractivity contribution in [3.8, 4) is 39.9 Å². The van der Waals surface area contributed by atoms with E-state index in [1.165, 1.54) is 49.4 Å². The fourth-order valence-corrected chi connectivity index (χ4v) is 9.19. The van der Waals surface area contributed by atoms with Crippen LogP contribution in [0.3, 0.4) is 0 Å². The third-order valence-electron chi connectivity index (χ3n) is 13.9. The van der Waals surface area contributed by atoms with Gasteiger partial charge in [0.2, 0.25) is 5.91 Å². The largest absolute Gasteiger partial charge is 0.494 e. The van der Waals surface area contributed by atoms with E-state index >= 15 is 0 Å². The Balaban J connectivity index is 0.000000303. The van der Waals surface area contributed by atoms with E-state index in [4.69, 9.17) is 33.2 Å². The molecule has 1 aliphatic carbocycles. The summed E-state index contributed by atoms with van der Waals surface area (Å²) in [5.41, 5.74) is 4.76. The second-order valence-electron chi connectivity index (χ2n) is 21.1. The minimum atomic E-state index is -4.19. The van der Waals surface area contributed by atoms with Gasteiger partial charge in [-0.2, -0.15) is 13.2 Å². The van der Waals surface area contributed by atoms with Gasteiger partial charge in [0.05, 0.1) is 30.6 Å². The number of carbonyl (C=O) groups is 8. The molecule has 5 unspecified atom stereocenters. The quantitative estimate of drug-likeness (QED) is 0.0129. The molecule has 1 heterocycles. The maximum absolute atomic E-state index is 13.2. The smallest absolute Gasteiger partial charge is 0.389 e. The second-order valence-corrected chi connectivity index (χ2v) is 21.1. The van der Waals surface area contributed by atoms with E-state index in [-0.39, 0.29) is 43.8 Å². The topological polar surface area (TPSA) is 269 Å². The molecule has 8 rings (SSSR count). The van der Waals surface area contributed by atoms with Gasteiger partial charge in [-0.3, -0.25) is 19.2 Å². The minimum Gasteiger partial charge on any atom is -0.494 e. The van der Waals surface area contributed by atoms with Gasteiger partial charge in [-0.05, 0) is 154 Å². The summed E-state index contributed by atoms with van der Waals surface area (Å²) in [4.78, 5) is 97.0. The zero-order chi connectivity index (χ0) is 66.2. The number of unbranched alkanes of at least 4 members (excludes halogenated alkanes) is 1. The number of amides is 1. The number of ketones is 1. The predicted octanol–water partition coefficient (Wildman–Crippen LogP) is 12.6. The van der Waals surface area contributed by atoms with Crippen LogP contribution in [0.1, 0.15) is 74.4 Å². The van der Waals surface area contributed by atoms with Crippen molar-refractivity contribution in [3.63, 3.8) is 0 Å². The number of esters is 4. The number of benzene rings is 6. The highest BCUT2D eigenvalue weighted by Crippen LogP contribution is 2.45. The highest BCUT2D eigenvalue weighted by atomic mass is 19.4. The normalized spacial score (nSPS) is 16.2. The number of Topliss-reactive ketones (excluding diaryl/α,β-unsaturated/α-hetero) is 1. The minimum absolute atomic E-state index is 0.0343. The molecule has 91 heavy (non-hydrogen) atoms. The van der Waals surface area contributed by atoms with Crippen LogP contribution in [0.2, 0.25) is 0 Å². The van der Waals surface area contributed by atoms with Crippen molar-refractivity contribution in [1.29, 1.82) is 0 Å². The number of para-hydroxylation sites is 1. The molecule has 0 aromatic heterocycles. The number of hydrogen-bond donors (Lipinski definition) is 4. The molecule has 2 aliphatic rings. The van der Waals surface area contributed by atoms with Crippen molar-refractivity contribution in [2.75, 3.05) is 37.5 Å². The lowest BCUT2D eigenvalue weighted by atomic mass is 9.83. The fourth-order valence-electron chi connectivity index (χ4n) is 9.19. The Kier molecular flexibility index (Phi) is 25.9. The Morgan fingerprint density at radius 2 is 1.22 bits per heavy atom. The molecule has 1 aliphatic heterocycles. The van der Waals surface area contributed by atoms with E-state index in [9.17, 15) is 61.7 Å². The molecule has 1 saturated carbocycles. The van der Waals surface area contributed by atoms with E-state index < -0.39 is 90.2 Å². The Bertz CT molecular complexity index is 3480. The molecular formula is C69H69F3N2O17. The number of carboxylic acid groups (broad SMARTS) is 2. The first kappa shape index (κ1) is 69.7. The van der Waals surface area contributed by atoms with Gasteiger partial charge in [-0.1, -0.05) is 73.8 Å². The summed E-state index contributed by atoms with van der Waals surface area (Å²) < 4.78 is 73.6. The van der Waals surface area contributed by atoms with Crippen LogP contribution >= 0.6 is 0 Å². The highest BCUT2D eigenvalue weighted by Gasteiger charge is 2.52. The molecule has 6 aromatic rings. The number of nitrogens with one attached hydrogen (secondary N) is 2. The fraction of sp³-hybridized carbons (Fsp3) is 0.275. The van der Waals surface area contributed by atoms with Crippen molar-refractivity contribution in [2.45, 2.75) is 71.8 Å². The third kappa shape index (κ3) is 23.3. The predicted molar refractivity (Wildman–Crippen MR) is 330 cm³/mol. The third-order valence-corrected chi connectivity index (χ3v) is 13.9. The summed E-state index contributed by atoms with van der Waals surface area (Å²) in [6, 6.07) is 41.0. The molecule has 2 fully saturated rings. The number of aliphatic carboxylic acids is 2. The van der Waals surface area contributed by atoms with E-state index in [1.807, 2.05) is 54.6 Å². The molecule has 0 radical (unpaired) electrons. The number of carboxylic acids is 2. The number of epoxide rings is 1. The molecule has 1 saturated heterocycles. The van der Waals surface area contributed by atoms with Crippen LogP contribution < -0.4 is 34.3 Å². The Labute approximate surface area is 523 Å². The zero-order valence-electron chi connectivity index (χ0n) is 50.3. The number of ether oxygens (including phenoxy) is 7. The number of carbonyl (C=O) groups excluding carboxylic acids is 6. The van der Waals surface area contributed by atoms with E-state index in [1.54, 1.807) is 81.6 Å². The standard InChI is InChI=1S/C40H41F3N2O11.C20H18O4.C9H10O2/c1-23(46)35-27(20-33(47)48)19-31(36(35)38(51)52)37(50)45-28-11-10-26(32(21-28)44-2)22-55-34(49)16-7-24-5-8-25(9-6-24)39(53)56-30-14-12-29(13-15-30)54-18-4-3-17-40(41,42)43;1-13(2)19(21)23-17-9-5-15(6-10-17)16-7-11-18(12-8-16)24-20(22)14(3)4;1-2-4-8(5-3-1)10-6-9-7-11-9/h5-16,21,27,31,35-36,44H,3-4,17-20,22H2,1-2H3,(H,45,50)(H,47,48)(H,51,52);5-12H,1,3H2,2,4H3;1-5,9H,6-7H2/b16-7+;;. The average Bonchev–Trinajstić information content (AvgIpc) is 1.70. The van der Waals surface area contributed by atoms with Crippen molar-refractivity contribution < 1.29 is 94.9 Å². The summed E-state index contributed by atoms with van der Waals surface area (Å²) in [6.45, 7) is 13.0. The van der Waals surface area contributed by atoms with Crippen LogP contribution in [0.5, 0.6) is 28.7 Å². The summed E-state index contributed by atoms with van der Waals surface area (Å²) in [5, 5.41) is 24.7. The number of alkyl halides is 3. The monoisotopic (exact) mass is 1250 g/mol. The van der Waals surface area contributed by atoms with Crippen molar-refractivity contribution in [2.24, 2.45) is 23.7 Å². The Morgan fingerprint density at radius 3 is 1.74 bits per heavy atom. The first-order valence-corrected chi connectivity index (χ1v) is 28.6. The zero-order valence-corrected chi connectivity index (χ0v) is 50.3. The molecule has 1 amide bonds. The van der Waals surface area contributed by atoms with Gasteiger partial charge in [0.15, 0.2) is 0 Å². The van der Waals surface area contributed by atoms with Crippen molar-refractivity contribution >= 4 is 65.0 Å². The molecule has 0 spiro atoms. The molecule has 0 bridgehead atoms. The molecule has 6 aromatic carbocycles. The molecule has 19 nitrogen and oxygen atoms in total. The van der Waals surface area contributed by atoms with Gasteiger partial charge < -0.3 is 54.0 Å². The maximum atomic E-state index is 13.2. The number of hydrogen-bond acceptors (Lipinski definition) is 16. The molecule has 5 atom stereocenters. The van der Waals surface area contributed by atoms with Gasteiger partial charge in [0.1, 0.15) is 53.8 Å². The number of anilines is 2. The van der Waals surface area contributed by atoms with Crippen molar-refractivity contribution in [3.05, 3.63) is 193 Å². The molecular weight excluding hydrogens is 1190 g/mol. The van der Waals surface area contributed by atoms with Crippen LogP contribution in [0.4, 0.5) is 24.5 Å². The second kappa shape index (κ2) is 33.8. The van der Waals surface area contributed by atoms with E-state index in [2.05, 4.69) is 23.8 Å². The Morgan fingerprint density at radius 1 is 0.670 bits per heavy atom. The number of rotatable bonds is 26. The van der Waals surface area contributed by atoms with Crippen molar-refractivity contribution in [1.82, 2.24) is 0 Å². The van der Waals surface area contributed by atoms with Gasteiger partial charge in [0, 0.05) is 60.0 Å². The summed E-state index contributed by atoms with van der Waals surface area (Å²) in [7, 11) is 1.61. The first-order chi connectivity index (χ1) is 43.4. The van der Waals surface area contributed by atoms with Gasteiger partial charge in [-0.25, -0.2) is 19.2 Å².